The molecule has 0 heterocycles. The highest BCUT2D eigenvalue weighted by atomic mass is 32.2. The number of hydrogen-bond acceptors (Lipinski definition) is 3. The maximum absolute atomic E-state index is 11.9. The van der Waals surface area contributed by atoms with Crippen LogP contribution in [0.1, 0.15) is 39.0 Å². The van der Waals surface area contributed by atoms with Crippen LogP contribution in [0, 0.1) is 5.92 Å². The summed E-state index contributed by atoms with van der Waals surface area (Å²) in [7, 11) is 0. The van der Waals surface area contributed by atoms with Crippen LogP contribution >= 0.6 is 11.8 Å². The van der Waals surface area contributed by atoms with Gasteiger partial charge in [-0.15, -0.1) is 11.8 Å². The molecule has 0 aromatic heterocycles. The maximum Gasteiger partial charge on any atom is 0.316 e. The summed E-state index contributed by atoms with van der Waals surface area (Å²) in [5.41, 5.74) is 0. The first-order valence-corrected chi connectivity index (χ1v) is 8.15. The van der Waals surface area contributed by atoms with Crippen LogP contribution in [0.5, 0.6) is 0 Å². The number of rotatable bonds is 5. The fourth-order valence-corrected chi connectivity index (χ4v) is 3.36. The lowest BCUT2D eigenvalue weighted by atomic mass is 9.85. The molecule has 1 aliphatic carbocycles. The third-order valence-electron chi connectivity index (χ3n) is 3.75. The molecule has 1 aromatic carbocycles. The third-order valence-corrected chi connectivity index (χ3v) is 4.73. The zero-order valence-electron chi connectivity index (χ0n) is 11.5. The van der Waals surface area contributed by atoms with Gasteiger partial charge in [0.1, 0.15) is 6.10 Å². The van der Waals surface area contributed by atoms with Crippen LogP contribution in [0.2, 0.25) is 0 Å². The van der Waals surface area contributed by atoms with Gasteiger partial charge in [0.2, 0.25) is 0 Å². The number of thioether (sulfide) groups is 1. The standard InChI is InChI=1S/C16H22O2S/c1-2-13-8-6-7-11-15(13)18-16(17)12-19-14-9-4-3-5-10-14/h3-5,9-10,13,15H,2,6-8,11-12H2,1H3. The van der Waals surface area contributed by atoms with Crippen molar-refractivity contribution >= 4 is 17.7 Å². The van der Waals surface area contributed by atoms with E-state index in [1.807, 2.05) is 30.3 Å². The molecule has 1 aliphatic rings. The van der Waals surface area contributed by atoms with Crippen LogP contribution in [-0.2, 0) is 9.53 Å². The Hall–Kier alpha value is -0.960. The van der Waals surface area contributed by atoms with Gasteiger partial charge in [0.05, 0.1) is 5.75 Å². The van der Waals surface area contributed by atoms with E-state index in [0.29, 0.717) is 11.7 Å². The fraction of sp³-hybridized carbons (Fsp3) is 0.562. The zero-order chi connectivity index (χ0) is 13.5. The molecule has 0 aliphatic heterocycles. The molecule has 2 rings (SSSR count). The minimum Gasteiger partial charge on any atom is -0.461 e. The molecule has 1 fully saturated rings. The molecule has 0 amide bonds. The van der Waals surface area contributed by atoms with Crippen LogP contribution < -0.4 is 0 Å². The van der Waals surface area contributed by atoms with Gasteiger partial charge in [-0.05, 0) is 43.7 Å². The molecular formula is C16H22O2S. The lowest BCUT2D eigenvalue weighted by Gasteiger charge is -2.30. The Balaban J connectivity index is 1.77. The Kier molecular flexibility index (Phi) is 5.77. The van der Waals surface area contributed by atoms with Gasteiger partial charge in [0, 0.05) is 4.90 Å². The summed E-state index contributed by atoms with van der Waals surface area (Å²) in [6.07, 6.45) is 6.00. The van der Waals surface area contributed by atoms with E-state index in [1.54, 1.807) is 11.8 Å². The van der Waals surface area contributed by atoms with Crippen molar-refractivity contribution in [2.24, 2.45) is 5.92 Å². The van der Waals surface area contributed by atoms with Gasteiger partial charge >= 0.3 is 5.97 Å². The van der Waals surface area contributed by atoms with E-state index < -0.39 is 0 Å². The first-order valence-electron chi connectivity index (χ1n) is 7.17. The highest BCUT2D eigenvalue weighted by Gasteiger charge is 2.26. The zero-order valence-corrected chi connectivity index (χ0v) is 12.3. The number of ether oxygens (including phenoxy) is 1. The van der Waals surface area contributed by atoms with E-state index in [9.17, 15) is 4.79 Å². The van der Waals surface area contributed by atoms with Crippen LogP contribution in [0.4, 0.5) is 0 Å². The topological polar surface area (TPSA) is 26.3 Å². The van der Waals surface area contributed by atoms with E-state index in [0.717, 1.165) is 17.7 Å². The molecule has 0 N–H and O–H groups in total. The monoisotopic (exact) mass is 278 g/mol. The van der Waals surface area contributed by atoms with E-state index in [2.05, 4.69) is 6.92 Å². The van der Waals surface area contributed by atoms with Crippen molar-refractivity contribution < 1.29 is 9.53 Å². The summed E-state index contributed by atoms with van der Waals surface area (Å²) in [6.45, 7) is 2.19. The molecule has 0 bridgehead atoms. The second-order valence-electron chi connectivity index (χ2n) is 5.08. The number of benzene rings is 1. The van der Waals surface area contributed by atoms with Crippen molar-refractivity contribution in [2.75, 3.05) is 5.75 Å². The second-order valence-corrected chi connectivity index (χ2v) is 6.13. The molecular weight excluding hydrogens is 256 g/mol. The molecule has 2 atom stereocenters. The number of hydrogen-bond donors (Lipinski definition) is 0. The summed E-state index contributed by atoms with van der Waals surface area (Å²) in [4.78, 5) is 13.0. The summed E-state index contributed by atoms with van der Waals surface area (Å²) < 4.78 is 5.66. The average Bonchev–Trinajstić information content (AvgIpc) is 2.47. The van der Waals surface area contributed by atoms with E-state index in [4.69, 9.17) is 4.74 Å². The molecule has 0 radical (unpaired) electrons. The molecule has 19 heavy (non-hydrogen) atoms. The number of carbonyl (C=O) groups excluding carboxylic acids is 1. The molecule has 104 valence electrons. The summed E-state index contributed by atoms with van der Waals surface area (Å²) in [6, 6.07) is 10.0. The molecule has 2 nitrogen and oxygen atoms in total. The van der Waals surface area contributed by atoms with Crippen molar-refractivity contribution in [3.8, 4) is 0 Å². The van der Waals surface area contributed by atoms with E-state index in [-0.39, 0.29) is 12.1 Å². The third kappa shape index (κ3) is 4.57. The Morgan fingerprint density at radius 3 is 2.74 bits per heavy atom. The minimum atomic E-state index is -0.0702. The van der Waals surface area contributed by atoms with E-state index in [1.165, 1.54) is 19.3 Å². The van der Waals surface area contributed by atoms with Gasteiger partial charge in [-0.2, -0.15) is 0 Å². The smallest absolute Gasteiger partial charge is 0.316 e. The van der Waals surface area contributed by atoms with Crippen molar-refractivity contribution in [2.45, 2.75) is 50.0 Å². The first kappa shape index (κ1) is 14.4. The Morgan fingerprint density at radius 2 is 2.00 bits per heavy atom. The maximum atomic E-state index is 11.9. The molecule has 3 heteroatoms. The van der Waals surface area contributed by atoms with Crippen molar-refractivity contribution in [3.05, 3.63) is 30.3 Å². The van der Waals surface area contributed by atoms with Gasteiger partial charge in [-0.3, -0.25) is 4.79 Å². The summed E-state index contributed by atoms with van der Waals surface area (Å²) in [5.74, 6) is 0.912. The predicted molar refractivity (Wildman–Crippen MR) is 79.3 cm³/mol. The molecule has 0 spiro atoms. The summed E-state index contributed by atoms with van der Waals surface area (Å²) >= 11 is 1.55. The first-order chi connectivity index (χ1) is 9.29. The molecule has 1 saturated carbocycles. The van der Waals surface area contributed by atoms with Gasteiger partial charge in [-0.1, -0.05) is 31.5 Å². The van der Waals surface area contributed by atoms with E-state index >= 15 is 0 Å². The van der Waals surface area contributed by atoms with Crippen molar-refractivity contribution in [3.63, 3.8) is 0 Å². The second kappa shape index (κ2) is 7.59. The Bertz CT molecular complexity index is 391. The van der Waals surface area contributed by atoms with Gasteiger partial charge in [0.25, 0.3) is 0 Å². The van der Waals surface area contributed by atoms with Gasteiger partial charge in [0.15, 0.2) is 0 Å². The Labute approximate surface area is 119 Å². The molecule has 2 unspecified atom stereocenters. The highest BCUT2D eigenvalue weighted by molar-refractivity contribution is 8.00. The summed E-state index contributed by atoms with van der Waals surface area (Å²) in [5, 5.41) is 0. The lowest BCUT2D eigenvalue weighted by Crippen LogP contribution is -2.30. The molecule has 1 aromatic rings. The van der Waals surface area contributed by atoms with Gasteiger partial charge < -0.3 is 4.74 Å². The van der Waals surface area contributed by atoms with Crippen molar-refractivity contribution in [1.82, 2.24) is 0 Å². The van der Waals surface area contributed by atoms with Crippen LogP contribution in [-0.4, -0.2) is 17.8 Å². The average molecular weight is 278 g/mol. The highest BCUT2D eigenvalue weighted by Crippen LogP contribution is 2.29. The van der Waals surface area contributed by atoms with Gasteiger partial charge in [-0.25, -0.2) is 0 Å². The Morgan fingerprint density at radius 1 is 1.26 bits per heavy atom. The normalized spacial score (nSPS) is 23.0. The minimum absolute atomic E-state index is 0.0702. The predicted octanol–water partition coefficient (Wildman–Crippen LogP) is 4.29. The largest absolute Gasteiger partial charge is 0.461 e. The van der Waals surface area contributed by atoms with Crippen LogP contribution in [0.25, 0.3) is 0 Å². The number of esters is 1. The lowest BCUT2D eigenvalue weighted by molar-refractivity contribution is -0.150. The molecule has 0 saturated heterocycles. The van der Waals surface area contributed by atoms with Crippen molar-refractivity contribution in [1.29, 1.82) is 0 Å². The fourth-order valence-electron chi connectivity index (χ4n) is 2.66. The number of carbonyl (C=O) groups is 1. The van der Waals surface area contributed by atoms with Crippen LogP contribution in [0.15, 0.2) is 35.2 Å². The SMILES string of the molecule is CCC1CCCCC1OC(=O)CSc1ccccc1. The quantitative estimate of drug-likeness (QED) is 0.593. The van der Waals surface area contributed by atoms with Crippen LogP contribution in [0.3, 0.4) is 0 Å².